The van der Waals surface area contributed by atoms with Crippen LogP contribution in [0.15, 0.2) is 76.2 Å². The minimum Gasteiger partial charge on any atom is -0.464 e. The van der Waals surface area contributed by atoms with Crippen LogP contribution in [0.3, 0.4) is 0 Å². The molecule has 124 valence electrons. The molecule has 3 nitrogen and oxygen atoms in total. The van der Waals surface area contributed by atoms with Crippen molar-refractivity contribution in [3.05, 3.63) is 72.5 Å². The number of amides is 1. The van der Waals surface area contributed by atoms with Gasteiger partial charge in [-0.15, -0.1) is 11.8 Å². The number of carbonyl (C=O) groups is 1. The second-order valence-electron chi connectivity index (χ2n) is 5.88. The lowest BCUT2D eigenvalue weighted by Gasteiger charge is -2.06. The Kier molecular flexibility index (Phi) is 4.20. The van der Waals surface area contributed by atoms with Crippen molar-refractivity contribution < 1.29 is 9.21 Å². The highest BCUT2D eigenvalue weighted by Gasteiger charge is 2.13. The number of hydrogen-bond donors (Lipinski definition) is 1. The first-order chi connectivity index (χ1) is 12.2. The van der Waals surface area contributed by atoms with Gasteiger partial charge in [-0.3, -0.25) is 4.79 Å². The molecule has 0 aliphatic heterocycles. The Hall–Kier alpha value is -2.72. The van der Waals surface area contributed by atoms with Crippen LogP contribution in [0.2, 0.25) is 0 Å². The molecule has 0 unspecified atom stereocenters. The van der Waals surface area contributed by atoms with E-state index in [1.807, 2.05) is 54.8 Å². The monoisotopic (exact) mass is 347 g/mol. The number of furan rings is 1. The second kappa shape index (κ2) is 6.65. The average molecular weight is 347 g/mol. The van der Waals surface area contributed by atoms with E-state index in [1.54, 1.807) is 18.0 Å². The quantitative estimate of drug-likeness (QED) is 0.496. The van der Waals surface area contributed by atoms with E-state index in [2.05, 4.69) is 17.4 Å². The number of thioether (sulfide) groups is 1. The van der Waals surface area contributed by atoms with Crippen LogP contribution in [-0.2, 0) is 11.2 Å². The van der Waals surface area contributed by atoms with Crippen LogP contribution >= 0.6 is 11.8 Å². The molecule has 0 fully saturated rings. The summed E-state index contributed by atoms with van der Waals surface area (Å²) in [6, 6.07) is 20.0. The molecule has 0 aliphatic rings. The number of carbonyl (C=O) groups excluding carboxylic acids is 1. The van der Waals surface area contributed by atoms with E-state index in [0.717, 1.165) is 37.9 Å². The standard InChI is InChI=1S/C21H17NO2S/c1-25-17-7-4-6-16(12-17)22-20(23)11-15-13-24-19-10-9-14-5-2-3-8-18(14)21(15)19/h2-10,12-13H,11H2,1H3,(H,22,23). The highest BCUT2D eigenvalue weighted by Crippen LogP contribution is 2.30. The Morgan fingerprint density at radius 3 is 2.84 bits per heavy atom. The summed E-state index contributed by atoms with van der Waals surface area (Å²) in [6.07, 6.45) is 3.99. The summed E-state index contributed by atoms with van der Waals surface area (Å²) in [5, 5.41) is 6.25. The Morgan fingerprint density at radius 2 is 1.96 bits per heavy atom. The van der Waals surface area contributed by atoms with Crippen molar-refractivity contribution in [2.75, 3.05) is 11.6 Å². The van der Waals surface area contributed by atoms with E-state index in [0.29, 0.717) is 0 Å². The molecule has 3 aromatic carbocycles. The molecule has 0 saturated carbocycles. The molecule has 4 heteroatoms. The molecule has 0 atom stereocenters. The maximum Gasteiger partial charge on any atom is 0.228 e. The largest absolute Gasteiger partial charge is 0.464 e. The number of hydrogen-bond acceptors (Lipinski definition) is 3. The molecule has 0 bridgehead atoms. The van der Waals surface area contributed by atoms with Gasteiger partial charge in [-0.25, -0.2) is 0 Å². The van der Waals surface area contributed by atoms with Crippen LogP contribution in [0, 0.1) is 0 Å². The summed E-state index contributed by atoms with van der Waals surface area (Å²) < 4.78 is 5.66. The van der Waals surface area contributed by atoms with Crippen LogP contribution in [0.4, 0.5) is 5.69 Å². The first kappa shape index (κ1) is 15.8. The normalized spacial score (nSPS) is 11.1. The molecule has 4 rings (SSSR count). The smallest absolute Gasteiger partial charge is 0.228 e. The van der Waals surface area contributed by atoms with Crippen LogP contribution in [0.1, 0.15) is 5.56 Å². The molecule has 4 aromatic rings. The van der Waals surface area contributed by atoms with Gasteiger partial charge in [0, 0.05) is 21.5 Å². The fourth-order valence-corrected chi connectivity index (χ4v) is 3.54. The molecule has 0 aliphatic carbocycles. The highest BCUT2D eigenvalue weighted by molar-refractivity contribution is 7.98. The van der Waals surface area contributed by atoms with E-state index in [9.17, 15) is 4.79 Å². The number of rotatable bonds is 4. The molecule has 0 radical (unpaired) electrons. The molecule has 0 saturated heterocycles. The minimum atomic E-state index is -0.0473. The van der Waals surface area contributed by atoms with Crippen molar-refractivity contribution >= 4 is 45.1 Å². The van der Waals surface area contributed by atoms with Gasteiger partial charge < -0.3 is 9.73 Å². The summed E-state index contributed by atoms with van der Waals surface area (Å²) in [5.41, 5.74) is 2.53. The number of nitrogens with one attached hydrogen (secondary N) is 1. The fraction of sp³-hybridized carbons (Fsp3) is 0.0952. The van der Waals surface area contributed by atoms with Crippen molar-refractivity contribution in [1.29, 1.82) is 0 Å². The topological polar surface area (TPSA) is 42.2 Å². The lowest BCUT2D eigenvalue weighted by Crippen LogP contribution is -2.14. The molecule has 1 amide bonds. The Bertz CT molecular complexity index is 1070. The van der Waals surface area contributed by atoms with Gasteiger partial charge in [-0.2, -0.15) is 0 Å². The van der Waals surface area contributed by atoms with Crippen molar-refractivity contribution in [3.8, 4) is 0 Å². The van der Waals surface area contributed by atoms with Crippen LogP contribution in [-0.4, -0.2) is 12.2 Å². The molecule has 1 heterocycles. The predicted octanol–water partition coefficient (Wildman–Crippen LogP) is 5.49. The van der Waals surface area contributed by atoms with Gasteiger partial charge in [-0.05, 0) is 41.3 Å². The Morgan fingerprint density at radius 1 is 1.08 bits per heavy atom. The Balaban J connectivity index is 1.64. The number of fused-ring (bicyclic) bond motifs is 3. The maximum atomic E-state index is 12.5. The van der Waals surface area contributed by atoms with Crippen molar-refractivity contribution in [2.24, 2.45) is 0 Å². The van der Waals surface area contributed by atoms with Crippen LogP contribution in [0.5, 0.6) is 0 Å². The van der Waals surface area contributed by atoms with E-state index in [4.69, 9.17) is 4.42 Å². The van der Waals surface area contributed by atoms with Crippen molar-refractivity contribution in [2.45, 2.75) is 11.3 Å². The van der Waals surface area contributed by atoms with Gasteiger partial charge in [0.1, 0.15) is 5.58 Å². The minimum absolute atomic E-state index is 0.0473. The molecular weight excluding hydrogens is 330 g/mol. The zero-order valence-corrected chi connectivity index (χ0v) is 14.6. The van der Waals surface area contributed by atoms with Gasteiger partial charge in [-0.1, -0.05) is 36.4 Å². The summed E-state index contributed by atoms with van der Waals surface area (Å²) in [7, 11) is 0. The van der Waals surface area contributed by atoms with Crippen LogP contribution < -0.4 is 5.32 Å². The second-order valence-corrected chi connectivity index (χ2v) is 6.76. The van der Waals surface area contributed by atoms with Crippen LogP contribution in [0.25, 0.3) is 21.7 Å². The van der Waals surface area contributed by atoms with Gasteiger partial charge in [0.2, 0.25) is 5.91 Å². The van der Waals surface area contributed by atoms with Gasteiger partial charge in [0.05, 0.1) is 12.7 Å². The molecular formula is C21H17NO2S. The fourth-order valence-electron chi connectivity index (χ4n) is 3.08. The summed E-state index contributed by atoms with van der Waals surface area (Å²) in [4.78, 5) is 13.6. The van der Waals surface area contributed by atoms with E-state index in [-0.39, 0.29) is 12.3 Å². The number of benzene rings is 3. The van der Waals surface area contributed by atoms with E-state index < -0.39 is 0 Å². The zero-order chi connectivity index (χ0) is 17.2. The molecule has 1 aromatic heterocycles. The highest BCUT2D eigenvalue weighted by atomic mass is 32.2. The molecule has 0 spiro atoms. The summed E-state index contributed by atoms with van der Waals surface area (Å²) in [6.45, 7) is 0. The van der Waals surface area contributed by atoms with Gasteiger partial charge >= 0.3 is 0 Å². The van der Waals surface area contributed by atoms with Gasteiger partial charge in [0.25, 0.3) is 0 Å². The third kappa shape index (κ3) is 3.13. The van der Waals surface area contributed by atoms with E-state index in [1.165, 1.54) is 0 Å². The third-order valence-corrected chi connectivity index (χ3v) is 4.97. The maximum absolute atomic E-state index is 12.5. The predicted molar refractivity (Wildman–Crippen MR) is 104 cm³/mol. The average Bonchev–Trinajstić information content (AvgIpc) is 3.05. The van der Waals surface area contributed by atoms with Gasteiger partial charge in [0.15, 0.2) is 0 Å². The molecule has 1 N–H and O–H groups in total. The number of anilines is 1. The lowest BCUT2D eigenvalue weighted by atomic mass is 10.0. The molecule has 25 heavy (non-hydrogen) atoms. The SMILES string of the molecule is CSc1cccc(NC(=O)Cc2coc3ccc4ccccc4c23)c1. The third-order valence-electron chi connectivity index (χ3n) is 4.24. The van der Waals surface area contributed by atoms with E-state index >= 15 is 0 Å². The van der Waals surface area contributed by atoms with Crippen molar-refractivity contribution in [1.82, 2.24) is 0 Å². The summed E-state index contributed by atoms with van der Waals surface area (Å²) >= 11 is 1.65. The van der Waals surface area contributed by atoms with Crippen molar-refractivity contribution in [3.63, 3.8) is 0 Å². The lowest BCUT2D eigenvalue weighted by molar-refractivity contribution is -0.115. The Labute approximate surface area is 150 Å². The first-order valence-corrected chi connectivity index (χ1v) is 9.29. The zero-order valence-electron chi connectivity index (χ0n) is 13.8. The summed E-state index contributed by atoms with van der Waals surface area (Å²) in [5.74, 6) is -0.0473. The first-order valence-electron chi connectivity index (χ1n) is 8.06.